The van der Waals surface area contributed by atoms with Crippen LogP contribution in [-0.4, -0.2) is 5.91 Å². The highest BCUT2D eigenvalue weighted by molar-refractivity contribution is 6.55. The van der Waals surface area contributed by atoms with Gasteiger partial charge >= 0.3 is 0 Å². The number of nitrogens with one attached hydrogen (secondary N) is 1. The highest BCUT2D eigenvalue weighted by Crippen LogP contribution is 2.60. The summed E-state index contributed by atoms with van der Waals surface area (Å²) in [5.41, 5.74) is 0.567. The summed E-state index contributed by atoms with van der Waals surface area (Å²) >= 11 is 17.2. The van der Waals surface area contributed by atoms with E-state index in [9.17, 15) is 4.79 Å². The molecule has 1 fully saturated rings. The summed E-state index contributed by atoms with van der Waals surface area (Å²) < 4.78 is 0.205. The number of rotatable bonds is 3. The van der Waals surface area contributed by atoms with E-state index in [1.165, 1.54) is 0 Å². The van der Waals surface area contributed by atoms with Crippen molar-refractivity contribution in [3.05, 3.63) is 39.9 Å². The van der Waals surface area contributed by atoms with Gasteiger partial charge < -0.3 is 5.32 Å². The molecule has 2 atom stereocenters. The Morgan fingerprint density at radius 2 is 2.05 bits per heavy atom. The second-order valence-corrected chi connectivity index (χ2v) is 6.73. The van der Waals surface area contributed by atoms with Crippen molar-refractivity contribution in [2.24, 2.45) is 17.3 Å². The summed E-state index contributed by atoms with van der Waals surface area (Å²) in [6.07, 6.45) is 1.73. The normalized spacial score (nSPS) is 23.6. The fraction of sp³-hybridized carbons (Fsp3) is 0.357. The van der Waals surface area contributed by atoms with Crippen LogP contribution in [0.4, 0.5) is 5.69 Å². The van der Waals surface area contributed by atoms with Crippen molar-refractivity contribution in [3.8, 4) is 0 Å². The Kier molecular flexibility index (Phi) is 4.14. The highest BCUT2D eigenvalue weighted by atomic mass is 35.5. The summed E-state index contributed by atoms with van der Waals surface area (Å²) in [5.74, 6) is -0.0984. The van der Waals surface area contributed by atoms with Crippen LogP contribution in [0.2, 0.25) is 5.02 Å². The lowest BCUT2D eigenvalue weighted by Gasteiger charge is -2.06. The van der Waals surface area contributed by atoms with Gasteiger partial charge in [-0.2, -0.15) is 0 Å². The quantitative estimate of drug-likeness (QED) is 0.846. The summed E-state index contributed by atoms with van der Waals surface area (Å²) in [4.78, 5) is 12.2. The molecular formula is C14H14Cl3NO. The third kappa shape index (κ3) is 3.25. The van der Waals surface area contributed by atoms with Gasteiger partial charge in [-0.1, -0.05) is 54.7 Å². The molecule has 1 aromatic rings. The molecule has 5 heteroatoms. The van der Waals surface area contributed by atoms with Crippen LogP contribution >= 0.6 is 34.8 Å². The van der Waals surface area contributed by atoms with Crippen molar-refractivity contribution in [2.75, 3.05) is 5.32 Å². The van der Waals surface area contributed by atoms with Gasteiger partial charge in [0.15, 0.2) is 0 Å². The number of benzene rings is 1. The molecule has 0 heterocycles. The van der Waals surface area contributed by atoms with Crippen LogP contribution in [0.15, 0.2) is 34.8 Å². The number of halogens is 3. The highest BCUT2D eigenvalue weighted by Gasteiger charge is 2.60. The van der Waals surface area contributed by atoms with E-state index in [4.69, 9.17) is 34.8 Å². The third-order valence-corrected chi connectivity index (χ3v) is 4.08. The zero-order chi connectivity index (χ0) is 14.2. The molecule has 0 aromatic heterocycles. The number of carbonyl (C=O) groups excluding carboxylic acids is 1. The molecule has 1 N–H and O–H groups in total. The first-order valence-electron chi connectivity index (χ1n) is 5.91. The maximum Gasteiger partial charge on any atom is 0.228 e. The van der Waals surface area contributed by atoms with E-state index in [-0.39, 0.29) is 27.6 Å². The van der Waals surface area contributed by atoms with E-state index in [0.29, 0.717) is 10.7 Å². The zero-order valence-electron chi connectivity index (χ0n) is 10.6. The summed E-state index contributed by atoms with van der Waals surface area (Å²) in [6.45, 7) is 4.04. The van der Waals surface area contributed by atoms with E-state index < -0.39 is 0 Å². The third-order valence-electron chi connectivity index (χ3n) is 3.59. The van der Waals surface area contributed by atoms with E-state index in [1.807, 2.05) is 13.8 Å². The number of anilines is 1. The maximum atomic E-state index is 12.2. The van der Waals surface area contributed by atoms with Gasteiger partial charge in [0.2, 0.25) is 5.91 Å². The molecule has 1 amide bonds. The lowest BCUT2D eigenvalue weighted by Crippen LogP contribution is -2.16. The van der Waals surface area contributed by atoms with Gasteiger partial charge in [-0.25, -0.2) is 0 Å². The minimum atomic E-state index is -0.127. The first-order chi connectivity index (χ1) is 8.82. The summed E-state index contributed by atoms with van der Waals surface area (Å²) in [5, 5.41) is 3.46. The predicted octanol–water partition coefficient (Wildman–Crippen LogP) is 4.87. The SMILES string of the molecule is CC1(C)[C@H](C=C(Cl)Cl)[C@H]1C(=O)Nc1cccc(Cl)c1. The molecule has 1 aromatic carbocycles. The van der Waals surface area contributed by atoms with Crippen LogP contribution in [-0.2, 0) is 4.79 Å². The first kappa shape index (κ1) is 14.7. The van der Waals surface area contributed by atoms with Crippen molar-refractivity contribution >= 4 is 46.4 Å². The second-order valence-electron chi connectivity index (χ2n) is 5.28. The zero-order valence-corrected chi connectivity index (χ0v) is 12.9. The number of hydrogen-bond donors (Lipinski definition) is 1. The Bertz CT molecular complexity index is 535. The lowest BCUT2D eigenvalue weighted by molar-refractivity contribution is -0.118. The van der Waals surface area contributed by atoms with E-state index in [2.05, 4.69) is 5.32 Å². The standard InChI is InChI=1S/C14H14Cl3NO/c1-14(2)10(7-11(16)17)12(14)13(19)18-9-5-3-4-8(15)6-9/h3-7,10,12H,1-2H3,(H,18,19)/t10-,12+/m1/s1. The molecule has 102 valence electrons. The molecule has 1 saturated carbocycles. The fourth-order valence-electron chi connectivity index (χ4n) is 2.41. The molecule has 0 saturated heterocycles. The lowest BCUT2D eigenvalue weighted by atomic mass is 10.1. The first-order valence-corrected chi connectivity index (χ1v) is 7.05. The molecular weight excluding hydrogens is 305 g/mol. The van der Waals surface area contributed by atoms with Crippen LogP contribution < -0.4 is 5.32 Å². The van der Waals surface area contributed by atoms with Crippen LogP contribution in [0.3, 0.4) is 0 Å². The fourth-order valence-corrected chi connectivity index (χ4v) is 2.87. The molecule has 2 rings (SSSR count). The Balaban J connectivity index is 2.08. The van der Waals surface area contributed by atoms with E-state index >= 15 is 0 Å². The van der Waals surface area contributed by atoms with E-state index in [0.717, 1.165) is 0 Å². The number of hydrogen-bond acceptors (Lipinski definition) is 1. The van der Waals surface area contributed by atoms with Gasteiger partial charge in [0, 0.05) is 10.7 Å². The van der Waals surface area contributed by atoms with Gasteiger partial charge in [-0.05, 0) is 35.6 Å². The van der Waals surface area contributed by atoms with Crippen molar-refractivity contribution in [1.82, 2.24) is 0 Å². The molecule has 0 unspecified atom stereocenters. The van der Waals surface area contributed by atoms with Gasteiger partial charge in [0.25, 0.3) is 0 Å². The molecule has 0 aliphatic heterocycles. The number of allylic oxidation sites excluding steroid dienone is 1. The maximum absolute atomic E-state index is 12.2. The monoisotopic (exact) mass is 317 g/mol. The van der Waals surface area contributed by atoms with Crippen molar-refractivity contribution in [2.45, 2.75) is 13.8 Å². The minimum absolute atomic E-state index is 0.0388. The summed E-state index contributed by atoms with van der Waals surface area (Å²) in [6, 6.07) is 7.08. The van der Waals surface area contributed by atoms with Crippen LogP contribution in [0.1, 0.15) is 13.8 Å². The van der Waals surface area contributed by atoms with Gasteiger partial charge in [0.05, 0.1) is 5.92 Å². The molecule has 1 aliphatic carbocycles. The second kappa shape index (κ2) is 5.35. The van der Waals surface area contributed by atoms with Crippen molar-refractivity contribution < 1.29 is 4.79 Å². The molecule has 19 heavy (non-hydrogen) atoms. The van der Waals surface area contributed by atoms with E-state index in [1.54, 1.807) is 30.3 Å². The molecule has 0 bridgehead atoms. The van der Waals surface area contributed by atoms with Crippen LogP contribution in [0.25, 0.3) is 0 Å². The minimum Gasteiger partial charge on any atom is -0.326 e. The molecule has 0 radical (unpaired) electrons. The average Bonchev–Trinajstić information content (AvgIpc) is 2.79. The molecule has 2 nitrogen and oxygen atoms in total. The largest absolute Gasteiger partial charge is 0.326 e. The average molecular weight is 319 g/mol. The Hall–Kier alpha value is -0.700. The Morgan fingerprint density at radius 3 is 2.63 bits per heavy atom. The van der Waals surface area contributed by atoms with Crippen molar-refractivity contribution in [1.29, 1.82) is 0 Å². The number of amides is 1. The van der Waals surface area contributed by atoms with Crippen LogP contribution in [0, 0.1) is 17.3 Å². The molecule has 0 spiro atoms. The Morgan fingerprint density at radius 1 is 1.37 bits per heavy atom. The Labute approximate surface area is 127 Å². The number of carbonyl (C=O) groups is 1. The van der Waals surface area contributed by atoms with Crippen molar-refractivity contribution in [3.63, 3.8) is 0 Å². The van der Waals surface area contributed by atoms with Gasteiger partial charge in [-0.15, -0.1) is 0 Å². The summed E-state index contributed by atoms with van der Waals surface area (Å²) in [7, 11) is 0. The topological polar surface area (TPSA) is 29.1 Å². The van der Waals surface area contributed by atoms with Gasteiger partial charge in [0.1, 0.15) is 4.49 Å². The smallest absolute Gasteiger partial charge is 0.228 e. The van der Waals surface area contributed by atoms with Crippen LogP contribution in [0.5, 0.6) is 0 Å². The predicted molar refractivity (Wildman–Crippen MR) is 80.6 cm³/mol. The van der Waals surface area contributed by atoms with Gasteiger partial charge in [-0.3, -0.25) is 4.79 Å². The molecule has 1 aliphatic rings.